The maximum absolute atomic E-state index is 12.4. The van der Waals surface area contributed by atoms with Crippen molar-refractivity contribution < 1.29 is 24.2 Å². The summed E-state index contributed by atoms with van der Waals surface area (Å²) in [5, 5.41) is 15.8. The third-order valence-electron chi connectivity index (χ3n) is 5.14. The number of phenolic OH excluding ortho intramolecular Hbond substituents is 1. The number of carbonyl (C=O) groups excluding carboxylic acids is 2. The van der Waals surface area contributed by atoms with Crippen molar-refractivity contribution in [3.8, 4) is 17.2 Å². The second kappa shape index (κ2) is 11.0. The Bertz CT molecular complexity index is 1360. The molecule has 0 fully saturated rings. The number of benzene rings is 4. The van der Waals surface area contributed by atoms with E-state index in [9.17, 15) is 14.7 Å². The van der Waals surface area contributed by atoms with E-state index in [1.807, 2.05) is 31.2 Å². The van der Waals surface area contributed by atoms with Crippen molar-refractivity contribution in [1.29, 1.82) is 0 Å². The minimum Gasteiger partial charge on any atom is -0.507 e. The quantitative estimate of drug-likeness (QED) is 0.158. The fraction of sp³-hybridized carbons (Fsp3) is 0.107. The molecule has 176 valence electrons. The van der Waals surface area contributed by atoms with Gasteiger partial charge in [-0.15, -0.1) is 0 Å². The number of rotatable bonds is 8. The van der Waals surface area contributed by atoms with Gasteiger partial charge in [0.05, 0.1) is 23.9 Å². The molecule has 1 amide bonds. The van der Waals surface area contributed by atoms with Crippen LogP contribution in [0.15, 0.2) is 90.0 Å². The largest absolute Gasteiger partial charge is 0.507 e. The Morgan fingerprint density at radius 1 is 0.914 bits per heavy atom. The number of aromatic hydroxyl groups is 1. The first-order valence-corrected chi connectivity index (χ1v) is 11.1. The molecule has 0 aliphatic rings. The third-order valence-corrected chi connectivity index (χ3v) is 5.14. The number of hydrogen-bond acceptors (Lipinski definition) is 6. The monoisotopic (exact) mass is 468 g/mol. The molecule has 0 aliphatic heterocycles. The van der Waals surface area contributed by atoms with Crippen molar-refractivity contribution in [3.05, 3.63) is 102 Å². The number of hydrogen-bond donors (Lipinski definition) is 2. The van der Waals surface area contributed by atoms with Crippen LogP contribution >= 0.6 is 0 Å². The summed E-state index contributed by atoms with van der Waals surface area (Å²) in [6, 6.07) is 24.1. The molecule has 4 aromatic rings. The standard InChI is InChI=1S/C28H24N2O5/c1-2-15-34-23-13-9-20(10-14-23)28(33)35-24-11-7-19(8-12-24)18-29-30-27(32)25-16-21-5-3-4-6-22(21)17-26(25)31/h3-14,16-18,31H,2,15H2,1H3,(H,30,32). The second-order valence-electron chi connectivity index (χ2n) is 7.75. The molecular weight excluding hydrogens is 444 g/mol. The van der Waals surface area contributed by atoms with Crippen LogP contribution in [0.2, 0.25) is 0 Å². The van der Waals surface area contributed by atoms with Crippen molar-refractivity contribution in [3.63, 3.8) is 0 Å². The van der Waals surface area contributed by atoms with Gasteiger partial charge in [-0.25, -0.2) is 10.2 Å². The highest BCUT2D eigenvalue weighted by Crippen LogP contribution is 2.25. The molecule has 0 aromatic heterocycles. The first kappa shape index (κ1) is 23.5. The Kier molecular flexibility index (Phi) is 7.37. The highest BCUT2D eigenvalue weighted by molar-refractivity contribution is 6.01. The number of ether oxygens (including phenoxy) is 2. The molecule has 7 nitrogen and oxygen atoms in total. The summed E-state index contributed by atoms with van der Waals surface area (Å²) < 4.78 is 10.9. The van der Waals surface area contributed by atoms with Gasteiger partial charge in [0.1, 0.15) is 17.2 Å². The van der Waals surface area contributed by atoms with E-state index in [2.05, 4.69) is 10.5 Å². The highest BCUT2D eigenvalue weighted by atomic mass is 16.5. The number of hydrazone groups is 1. The molecule has 0 aliphatic carbocycles. The summed E-state index contributed by atoms with van der Waals surface area (Å²) in [5.41, 5.74) is 3.65. The van der Waals surface area contributed by atoms with Gasteiger partial charge in [0.15, 0.2) is 0 Å². The topological polar surface area (TPSA) is 97.2 Å². The molecule has 0 radical (unpaired) electrons. The molecule has 0 unspecified atom stereocenters. The SMILES string of the molecule is CCCOc1ccc(C(=O)Oc2ccc(C=NNC(=O)c3cc4ccccc4cc3O)cc2)cc1. The van der Waals surface area contributed by atoms with Gasteiger partial charge >= 0.3 is 5.97 Å². The highest BCUT2D eigenvalue weighted by Gasteiger charge is 2.12. The van der Waals surface area contributed by atoms with Crippen LogP contribution in [-0.4, -0.2) is 29.8 Å². The van der Waals surface area contributed by atoms with Gasteiger partial charge in [-0.3, -0.25) is 4.79 Å². The minimum atomic E-state index is -0.527. The van der Waals surface area contributed by atoms with Crippen LogP contribution in [0.3, 0.4) is 0 Å². The van der Waals surface area contributed by atoms with Gasteiger partial charge in [-0.05, 0) is 83.4 Å². The summed E-state index contributed by atoms with van der Waals surface area (Å²) in [6.45, 7) is 2.64. The molecule has 0 saturated heterocycles. The molecule has 0 atom stereocenters. The van der Waals surface area contributed by atoms with Crippen molar-refractivity contribution in [2.45, 2.75) is 13.3 Å². The Labute approximate surface area is 202 Å². The Hall–Kier alpha value is -4.65. The van der Waals surface area contributed by atoms with E-state index in [1.54, 1.807) is 60.7 Å². The van der Waals surface area contributed by atoms with Crippen LogP contribution in [0.1, 0.15) is 39.6 Å². The molecule has 4 aromatic carbocycles. The first-order chi connectivity index (χ1) is 17.0. The van der Waals surface area contributed by atoms with Crippen LogP contribution in [0, 0.1) is 0 Å². The zero-order valence-electron chi connectivity index (χ0n) is 19.1. The molecular formula is C28H24N2O5. The van der Waals surface area contributed by atoms with E-state index >= 15 is 0 Å². The van der Waals surface area contributed by atoms with Crippen LogP contribution in [0.25, 0.3) is 10.8 Å². The maximum atomic E-state index is 12.4. The number of nitrogens with one attached hydrogen (secondary N) is 1. The number of amides is 1. The van der Waals surface area contributed by atoms with Crippen molar-refractivity contribution in [1.82, 2.24) is 5.43 Å². The van der Waals surface area contributed by atoms with Gasteiger partial charge in [0.25, 0.3) is 5.91 Å². The van der Waals surface area contributed by atoms with Gasteiger partial charge in [-0.1, -0.05) is 31.2 Å². The number of nitrogens with zero attached hydrogens (tertiary/aromatic N) is 1. The van der Waals surface area contributed by atoms with E-state index in [0.717, 1.165) is 17.2 Å². The molecule has 0 bridgehead atoms. The lowest BCUT2D eigenvalue weighted by atomic mass is 10.1. The summed E-state index contributed by atoms with van der Waals surface area (Å²) in [6.07, 6.45) is 2.36. The summed E-state index contributed by atoms with van der Waals surface area (Å²) in [7, 11) is 0. The van der Waals surface area contributed by atoms with E-state index in [4.69, 9.17) is 9.47 Å². The lowest BCUT2D eigenvalue weighted by Gasteiger charge is -2.07. The van der Waals surface area contributed by atoms with E-state index < -0.39 is 11.9 Å². The van der Waals surface area contributed by atoms with Gasteiger partial charge in [-0.2, -0.15) is 5.10 Å². The predicted octanol–water partition coefficient (Wildman–Crippen LogP) is 5.32. The van der Waals surface area contributed by atoms with Crippen molar-refractivity contribution in [2.75, 3.05) is 6.61 Å². The zero-order valence-corrected chi connectivity index (χ0v) is 19.1. The molecule has 0 saturated carbocycles. The molecule has 35 heavy (non-hydrogen) atoms. The fourth-order valence-corrected chi connectivity index (χ4v) is 3.33. The van der Waals surface area contributed by atoms with E-state index in [0.29, 0.717) is 29.2 Å². The third kappa shape index (κ3) is 6.03. The maximum Gasteiger partial charge on any atom is 0.343 e. The van der Waals surface area contributed by atoms with Gasteiger partial charge in [0.2, 0.25) is 0 Å². The zero-order chi connectivity index (χ0) is 24.6. The summed E-state index contributed by atoms with van der Waals surface area (Å²) in [5.74, 6) is -0.0404. The number of phenols is 1. The Morgan fingerprint density at radius 3 is 2.26 bits per heavy atom. The van der Waals surface area contributed by atoms with Crippen molar-refractivity contribution >= 4 is 28.9 Å². The first-order valence-electron chi connectivity index (χ1n) is 11.1. The molecule has 4 rings (SSSR count). The molecule has 0 spiro atoms. The molecule has 2 N–H and O–H groups in total. The average molecular weight is 469 g/mol. The fourth-order valence-electron chi connectivity index (χ4n) is 3.33. The predicted molar refractivity (Wildman–Crippen MR) is 134 cm³/mol. The van der Waals surface area contributed by atoms with E-state index in [1.165, 1.54) is 6.21 Å². The molecule has 7 heteroatoms. The Balaban J connectivity index is 1.33. The second-order valence-corrected chi connectivity index (χ2v) is 7.75. The van der Waals surface area contributed by atoms with Gasteiger partial charge in [0, 0.05) is 0 Å². The van der Waals surface area contributed by atoms with Crippen molar-refractivity contribution in [2.24, 2.45) is 5.10 Å². The normalized spacial score (nSPS) is 10.9. The smallest absolute Gasteiger partial charge is 0.343 e. The summed E-state index contributed by atoms with van der Waals surface area (Å²) in [4.78, 5) is 24.8. The Morgan fingerprint density at radius 2 is 1.57 bits per heavy atom. The van der Waals surface area contributed by atoms with Crippen LogP contribution in [0.4, 0.5) is 0 Å². The minimum absolute atomic E-state index is 0.120. The van der Waals surface area contributed by atoms with Crippen LogP contribution in [-0.2, 0) is 0 Å². The number of fused-ring (bicyclic) bond motifs is 1. The number of esters is 1. The van der Waals surface area contributed by atoms with Gasteiger partial charge < -0.3 is 14.6 Å². The van der Waals surface area contributed by atoms with Crippen LogP contribution in [0.5, 0.6) is 17.2 Å². The van der Waals surface area contributed by atoms with E-state index in [-0.39, 0.29) is 11.3 Å². The lowest BCUT2D eigenvalue weighted by Crippen LogP contribution is -2.17. The van der Waals surface area contributed by atoms with Crippen LogP contribution < -0.4 is 14.9 Å². The lowest BCUT2D eigenvalue weighted by molar-refractivity contribution is 0.0734. The molecule has 0 heterocycles. The average Bonchev–Trinajstić information content (AvgIpc) is 2.88. The summed E-state index contributed by atoms with van der Waals surface area (Å²) >= 11 is 0. The number of carbonyl (C=O) groups is 2.